The highest BCUT2D eigenvalue weighted by atomic mass is 16.5. The Labute approximate surface area is 127 Å². The minimum atomic E-state index is 0.251. The Morgan fingerprint density at radius 1 is 1.38 bits per heavy atom. The number of ether oxygens (including phenoxy) is 1. The van der Waals surface area contributed by atoms with Crippen molar-refractivity contribution in [3.8, 4) is 0 Å². The lowest BCUT2D eigenvalue weighted by molar-refractivity contribution is 0.0173. The molecule has 3 heterocycles. The highest BCUT2D eigenvalue weighted by molar-refractivity contribution is 5.40. The SMILES string of the molecule is CCN1NC(CCCO)=C2CC3(CCOCC3)CNC=C21. The molecule has 118 valence electrons. The smallest absolute Gasteiger partial charge is 0.0778 e. The van der Waals surface area contributed by atoms with Gasteiger partial charge in [0.15, 0.2) is 0 Å². The van der Waals surface area contributed by atoms with Gasteiger partial charge in [-0.1, -0.05) is 0 Å². The molecule has 0 unspecified atom stereocenters. The molecule has 0 aliphatic carbocycles. The molecule has 21 heavy (non-hydrogen) atoms. The Balaban J connectivity index is 1.86. The Morgan fingerprint density at radius 2 is 2.19 bits per heavy atom. The van der Waals surface area contributed by atoms with Gasteiger partial charge in [0.25, 0.3) is 0 Å². The quantitative estimate of drug-likeness (QED) is 0.733. The molecule has 3 aliphatic rings. The van der Waals surface area contributed by atoms with E-state index in [0.29, 0.717) is 5.41 Å². The third-order valence-corrected chi connectivity index (χ3v) is 4.96. The molecule has 3 N–H and O–H groups in total. The van der Waals surface area contributed by atoms with E-state index < -0.39 is 0 Å². The van der Waals surface area contributed by atoms with Gasteiger partial charge in [-0.25, -0.2) is 0 Å². The van der Waals surface area contributed by atoms with Crippen molar-refractivity contribution < 1.29 is 9.84 Å². The molecule has 0 aromatic heterocycles. The van der Waals surface area contributed by atoms with Gasteiger partial charge in [0, 0.05) is 50.4 Å². The molecule has 0 amide bonds. The van der Waals surface area contributed by atoms with E-state index >= 15 is 0 Å². The van der Waals surface area contributed by atoms with E-state index in [1.165, 1.54) is 17.0 Å². The van der Waals surface area contributed by atoms with Crippen LogP contribution in [0, 0.1) is 5.41 Å². The predicted molar refractivity (Wildman–Crippen MR) is 82.1 cm³/mol. The molecule has 0 aromatic rings. The lowest BCUT2D eigenvalue weighted by Crippen LogP contribution is -2.37. The third kappa shape index (κ3) is 2.90. The number of rotatable bonds is 4. The van der Waals surface area contributed by atoms with Gasteiger partial charge in [-0.3, -0.25) is 5.01 Å². The minimum absolute atomic E-state index is 0.251. The highest BCUT2D eigenvalue weighted by Gasteiger charge is 2.39. The topological polar surface area (TPSA) is 56.8 Å². The Morgan fingerprint density at radius 3 is 2.90 bits per heavy atom. The molecule has 3 aliphatic heterocycles. The first-order valence-electron chi connectivity index (χ1n) is 8.17. The zero-order valence-electron chi connectivity index (χ0n) is 13.0. The van der Waals surface area contributed by atoms with Crippen molar-refractivity contribution in [2.24, 2.45) is 5.41 Å². The van der Waals surface area contributed by atoms with E-state index in [0.717, 1.165) is 58.4 Å². The number of nitrogens with one attached hydrogen (secondary N) is 2. The zero-order valence-corrected chi connectivity index (χ0v) is 13.0. The number of fused-ring (bicyclic) bond motifs is 1. The van der Waals surface area contributed by atoms with Crippen LogP contribution in [0.3, 0.4) is 0 Å². The average molecular weight is 293 g/mol. The van der Waals surface area contributed by atoms with Gasteiger partial charge in [0.2, 0.25) is 0 Å². The van der Waals surface area contributed by atoms with Gasteiger partial charge < -0.3 is 20.6 Å². The van der Waals surface area contributed by atoms with E-state index in [1.807, 2.05) is 0 Å². The summed E-state index contributed by atoms with van der Waals surface area (Å²) in [7, 11) is 0. The fourth-order valence-electron chi connectivity index (χ4n) is 3.64. The van der Waals surface area contributed by atoms with Gasteiger partial charge >= 0.3 is 0 Å². The number of aliphatic hydroxyl groups is 1. The van der Waals surface area contributed by atoms with Crippen molar-refractivity contribution in [3.05, 3.63) is 23.2 Å². The first-order valence-corrected chi connectivity index (χ1v) is 8.17. The second-order valence-electron chi connectivity index (χ2n) is 6.34. The summed E-state index contributed by atoms with van der Waals surface area (Å²) in [6, 6.07) is 0. The first-order chi connectivity index (χ1) is 10.3. The number of hydrogen-bond acceptors (Lipinski definition) is 5. The average Bonchev–Trinajstić information content (AvgIpc) is 2.72. The third-order valence-electron chi connectivity index (χ3n) is 4.96. The van der Waals surface area contributed by atoms with Crippen LogP contribution in [0.2, 0.25) is 0 Å². The summed E-state index contributed by atoms with van der Waals surface area (Å²) < 4.78 is 5.56. The van der Waals surface area contributed by atoms with Crippen LogP contribution in [0.25, 0.3) is 0 Å². The second kappa shape index (κ2) is 6.28. The summed E-state index contributed by atoms with van der Waals surface area (Å²) >= 11 is 0. The summed E-state index contributed by atoms with van der Waals surface area (Å²) in [6.07, 6.45) is 7.28. The van der Waals surface area contributed by atoms with Crippen LogP contribution in [0.5, 0.6) is 0 Å². The molecule has 5 heteroatoms. The van der Waals surface area contributed by atoms with Gasteiger partial charge in [-0.2, -0.15) is 0 Å². The summed E-state index contributed by atoms with van der Waals surface area (Å²) in [4.78, 5) is 0. The van der Waals surface area contributed by atoms with Crippen molar-refractivity contribution in [1.82, 2.24) is 15.8 Å². The lowest BCUT2D eigenvalue weighted by Gasteiger charge is -2.36. The maximum absolute atomic E-state index is 9.14. The van der Waals surface area contributed by atoms with Crippen LogP contribution in [0.4, 0.5) is 0 Å². The molecule has 0 atom stereocenters. The Kier molecular flexibility index (Phi) is 4.40. The van der Waals surface area contributed by atoms with Gasteiger partial charge in [0.1, 0.15) is 0 Å². The molecular weight excluding hydrogens is 266 g/mol. The molecule has 0 radical (unpaired) electrons. The van der Waals surface area contributed by atoms with Gasteiger partial charge in [-0.05, 0) is 44.4 Å². The number of aliphatic hydroxyl groups excluding tert-OH is 1. The fourth-order valence-corrected chi connectivity index (χ4v) is 3.64. The van der Waals surface area contributed by atoms with E-state index in [4.69, 9.17) is 9.84 Å². The number of hydrazine groups is 1. The minimum Gasteiger partial charge on any atom is -0.396 e. The van der Waals surface area contributed by atoms with Gasteiger partial charge in [0.05, 0.1) is 5.70 Å². The van der Waals surface area contributed by atoms with Crippen LogP contribution in [-0.4, -0.2) is 43.0 Å². The summed E-state index contributed by atoms with van der Waals surface area (Å²) in [5, 5.41) is 14.9. The normalized spacial score (nSPS) is 24.3. The molecule has 0 saturated carbocycles. The number of nitrogens with zero attached hydrogens (tertiary/aromatic N) is 1. The summed E-state index contributed by atoms with van der Waals surface area (Å²) in [5.74, 6) is 0. The van der Waals surface area contributed by atoms with Crippen LogP contribution >= 0.6 is 0 Å². The van der Waals surface area contributed by atoms with E-state index in [9.17, 15) is 0 Å². The van der Waals surface area contributed by atoms with Crippen molar-refractivity contribution in [2.45, 2.75) is 39.0 Å². The van der Waals surface area contributed by atoms with Crippen molar-refractivity contribution >= 4 is 0 Å². The Bertz CT molecular complexity index is 439. The molecule has 1 spiro atoms. The second-order valence-corrected chi connectivity index (χ2v) is 6.34. The van der Waals surface area contributed by atoms with Crippen LogP contribution in [-0.2, 0) is 4.74 Å². The van der Waals surface area contributed by atoms with Crippen LogP contribution < -0.4 is 10.7 Å². The maximum Gasteiger partial charge on any atom is 0.0778 e. The standard InChI is InChI=1S/C16H27N3O2/c1-2-19-15-11-17-12-16(5-8-21-9-6-16)10-13(15)14(18-19)4-3-7-20/h11,17-18,20H,2-10,12H2,1H3. The van der Waals surface area contributed by atoms with E-state index in [1.54, 1.807) is 0 Å². The molecule has 0 bridgehead atoms. The molecular formula is C16H27N3O2. The number of allylic oxidation sites excluding steroid dienone is 2. The molecule has 1 saturated heterocycles. The predicted octanol–water partition coefficient (Wildman–Crippen LogP) is 1.48. The van der Waals surface area contributed by atoms with Crippen molar-refractivity contribution in [1.29, 1.82) is 0 Å². The maximum atomic E-state index is 9.14. The van der Waals surface area contributed by atoms with Crippen LogP contribution in [0.1, 0.15) is 39.0 Å². The molecule has 0 aromatic carbocycles. The molecule has 5 nitrogen and oxygen atoms in total. The first kappa shape index (κ1) is 14.7. The Hall–Kier alpha value is -1.20. The van der Waals surface area contributed by atoms with Crippen molar-refractivity contribution in [2.75, 3.05) is 32.9 Å². The summed E-state index contributed by atoms with van der Waals surface area (Å²) in [6.45, 7) is 6.14. The molecule has 1 fully saturated rings. The van der Waals surface area contributed by atoms with E-state index in [2.05, 4.69) is 28.9 Å². The highest BCUT2D eigenvalue weighted by Crippen LogP contribution is 2.43. The monoisotopic (exact) mass is 293 g/mol. The lowest BCUT2D eigenvalue weighted by atomic mass is 9.74. The zero-order chi connectivity index (χ0) is 14.7. The fraction of sp³-hybridized carbons (Fsp3) is 0.750. The number of likely N-dealkylation sites (N-methyl/N-ethyl adjacent to an activating group) is 1. The largest absolute Gasteiger partial charge is 0.396 e. The van der Waals surface area contributed by atoms with Crippen molar-refractivity contribution in [3.63, 3.8) is 0 Å². The van der Waals surface area contributed by atoms with Crippen LogP contribution in [0.15, 0.2) is 23.2 Å². The molecule has 3 rings (SSSR count). The van der Waals surface area contributed by atoms with Gasteiger partial charge in [-0.15, -0.1) is 0 Å². The summed E-state index contributed by atoms with van der Waals surface area (Å²) in [5.41, 5.74) is 7.88. The number of hydrogen-bond donors (Lipinski definition) is 3. The van der Waals surface area contributed by atoms with E-state index in [-0.39, 0.29) is 6.61 Å².